The van der Waals surface area contributed by atoms with Gasteiger partial charge < -0.3 is 81.2 Å². The number of aliphatic hydroxyl groups excluding tert-OH is 10. The maximum absolute atomic E-state index is 10.5. The molecule has 0 aromatic heterocycles. The van der Waals surface area contributed by atoms with E-state index >= 15 is 0 Å². The van der Waals surface area contributed by atoms with E-state index in [9.17, 15) is 9.59 Å². The predicted octanol–water partition coefficient (Wildman–Crippen LogP) is -15.8. The summed E-state index contributed by atoms with van der Waals surface area (Å²) in [5.41, 5.74) is 0. The van der Waals surface area contributed by atoms with Crippen molar-refractivity contribution in [3.63, 3.8) is 0 Å². The van der Waals surface area contributed by atoms with E-state index < -0.39 is 89.3 Å². The number of carbonyl (C=O) groups excluding carboxylic acids is 2. The van der Waals surface area contributed by atoms with Gasteiger partial charge in [0.1, 0.15) is 49.8 Å². The van der Waals surface area contributed by atoms with E-state index in [0.717, 1.165) is 0 Å². The molecule has 0 aliphatic rings. The van der Waals surface area contributed by atoms with Crippen LogP contribution in [-0.2, 0) is 9.59 Å². The molecule has 35 heavy (non-hydrogen) atoms. The molecule has 0 aromatic rings. The van der Waals surface area contributed by atoms with Crippen molar-refractivity contribution in [3.05, 3.63) is 0 Å². The van der Waals surface area contributed by atoms with Crippen LogP contribution >= 0.6 is 0 Å². The number of Topliss-reactive ketones (excluding diaryl/α,β-unsaturated/α-hetero) is 2. The second-order valence-electron chi connectivity index (χ2n) is 5.20. The van der Waals surface area contributed by atoms with Crippen LogP contribution in [0.4, 0.5) is 0 Å². The van der Waals surface area contributed by atoms with E-state index in [1.54, 1.807) is 0 Å². The molecule has 0 fully saturated rings. The number of carbonyl (C=O) groups is 2. The van der Waals surface area contributed by atoms with Gasteiger partial charge in [-0.25, -0.2) is 0 Å². The molecule has 6 atom stereocenters. The average Bonchev–Trinajstić information content (AvgIpc) is 2.74. The van der Waals surface area contributed by atoms with Crippen molar-refractivity contribution in [2.75, 3.05) is 26.4 Å². The smallest absolute Gasteiger partial charge is 0.907 e. The van der Waals surface area contributed by atoms with Gasteiger partial charge in [0, 0.05) is 0 Å². The molecule has 0 radical (unpaired) electrons. The monoisotopic (exact) mass is 598 g/mol. The SMILES string of the molecule is O=C(CO)C(O)C(O)C(O)CO.O=C(CO)C(O)C(O)C(O)CO.[Ca+2].[Ca+2].[Ca+2].[O-]B([O-])[O-].[O-]B([O-])[O-]. The van der Waals surface area contributed by atoms with E-state index in [1.807, 2.05) is 0 Å². The summed E-state index contributed by atoms with van der Waals surface area (Å²) < 4.78 is 0. The first-order valence-electron chi connectivity index (χ1n) is 8.07. The second-order valence-corrected chi connectivity index (χ2v) is 5.20. The topological polar surface area (TPSA) is 375 Å². The van der Waals surface area contributed by atoms with Crippen LogP contribution in [0.2, 0.25) is 0 Å². The van der Waals surface area contributed by atoms with Crippen LogP contribution in [-0.4, -0.2) is 254 Å². The zero-order valence-corrected chi connectivity index (χ0v) is 24.9. The van der Waals surface area contributed by atoms with E-state index in [1.165, 1.54) is 0 Å². The molecule has 10 N–H and O–H groups in total. The first-order valence-corrected chi connectivity index (χ1v) is 8.07. The summed E-state index contributed by atoms with van der Waals surface area (Å²) in [6.45, 7) is -3.37. The third-order valence-electron chi connectivity index (χ3n) is 2.78. The zero-order valence-electron chi connectivity index (χ0n) is 18.3. The minimum atomic E-state index is -2.92. The summed E-state index contributed by atoms with van der Waals surface area (Å²) in [6.07, 6.45) is -10.4. The Morgan fingerprint density at radius 1 is 0.543 bits per heavy atom. The number of rotatable bonds is 10. The molecule has 0 aliphatic heterocycles. The van der Waals surface area contributed by atoms with Gasteiger partial charge >= 0.3 is 113 Å². The number of hydrogen-bond donors (Lipinski definition) is 10. The molecule has 0 aromatic carbocycles. The zero-order chi connectivity index (χ0) is 26.6. The first kappa shape index (κ1) is 53.8. The summed E-state index contributed by atoms with van der Waals surface area (Å²) in [6, 6.07) is 0. The quantitative estimate of drug-likeness (QED) is 0.104. The van der Waals surface area contributed by atoms with Crippen LogP contribution in [0.5, 0.6) is 0 Å². The molecule has 18 nitrogen and oxygen atoms in total. The maximum atomic E-state index is 10.5. The number of aliphatic hydroxyl groups is 10. The Morgan fingerprint density at radius 3 is 0.829 bits per heavy atom. The fourth-order valence-electron chi connectivity index (χ4n) is 1.20. The van der Waals surface area contributed by atoms with Crippen molar-refractivity contribution < 1.29 is 90.8 Å². The maximum Gasteiger partial charge on any atom is 2.00 e. The fraction of sp³-hybridized carbons (Fsp3) is 0.833. The van der Waals surface area contributed by atoms with E-state index in [-0.39, 0.29) is 113 Å². The van der Waals surface area contributed by atoms with Gasteiger partial charge in [0.05, 0.1) is 13.2 Å². The van der Waals surface area contributed by atoms with Crippen molar-refractivity contribution >= 4 is 139 Å². The molecular weight excluding hydrogens is 574 g/mol. The van der Waals surface area contributed by atoms with Crippen molar-refractivity contribution in [2.24, 2.45) is 0 Å². The Balaban J connectivity index is -0.0000000644. The van der Waals surface area contributed by atoms with Gasteiger partial charge in [-0.1, -0.05) is 0 Å². The molecule has 0 rings (SSSR count). The van der Waals surface area contributed by atoms with Crippen LogP contribution in [0.1, 0.15) is 0 Å². The van der Waals surface area contributed by atoms with Gasteiger partial charge in [-0.15, -0.1) is 0 Å². The summed E-state index contributed by atoms with van der Waals surface area (Å²) in [7, 11) is -5.83. The van der Waals surface area contributed by atoms with Crippen molar-refractivity contribution in [3.8, 4) is 0 Å². The Kier molecular flexibility index (Phi) is 53.2. The fourth-order valence-corrected chi connectivity index (χ4v) is 1.20. The molecule has 23 heteroatoms. The van der Waals surface area contributed by atoms with Gasteiger partial charge in [-0.05, 0) is 0 Å². The molecule has 0 saturated heterocycles. The van der Waals surface area contributed by atoms with E-state index in [0.29, 0.717) is 0 Å². The van der Waals surface area contributed by atoms with Crippen molar-refractivity contribution in [1.82, 2.24) is 0 Å². The van der Waals surface area contributed by atoms with Crippen LogP contribution in [0.15, 0.2) is 0 Å². The first-order chi connectivity index (χ1) is 14.5. The van der Waals surface area contributed by atoms with Gasteiger partial charge in [-0.3, -0.25) is 24.2 Å². The molecule has 0 heterocycles. The summed E-state index contributed by atoms with van der Waals surface area (Å²) in [5, 5.41) is 137. The standard InChI is InChI=1S/2C6H12O6.2BO3.3Ca/c2*7-1-3(9)5(11)6(12)4(10)2-8;2*2-1(3)4;;;/h2*3,5-9,11-12H,1-2H2;;;;;/q;;2*-3;3*+2. The molecular formula is C12H24B2Ca3O18. The number of ketones is 2. The predicted molar refractivity (Wildman–Crippen MR) is 103 cm³/mol. The Bertz CT molecular complexity index is 423. The molecule has 0 amide bonds. The van der Waals surface area contributed by atoms with Crippen molar-refractivity contribution in [2.45, 2.75) is 36.6 Å². The van der Waals surface area contributed by atoms with Crippen LogP contribution < -0.4 is 30.1 Å². The third kappa shape index (κ3) is 36.6. The molecule has 0 spiro atoms. The van der Waals surface area contributed by atoms with Gasteiger partial charge in [-0.2, -0.15) is 0 Å². The van der Waals surface area contributed by atoms with Crippen molar-refractivity contribution in [1.29, 1.82) is 0 Å². The van der Waals surface area contributed by atoms with Crippen LogP contribution in [0.25, 0.3) is 0 Å². The van der Waals surface area contributed by atoms with E-state index in [4.69, 9.17) is 81.2 Å². The molecule has 0 saturated carbocycles. The average molecular weight is 598 g/mol. The van der Waals surface area contributed by atoms with Gasteiger partial charge in [0.2, 0.25) is 0 Å². The Hall–Kier alpha value is 2.61. The van der Waals surface area contributed by atoms with Crippen LogP contribution in [0.3, 0.4) is 0 Å². The van der Waals surface area contributed by atoms with Crippen LogP contribution in [0, 0.1) is 0 Å². The Morgan fingerprint density at radius 2 is 0.714 bits per heavy atom. The third-order valence-corrected chi connectivity index (χ3v) is 2.78. The van der Waals surface area contributed by atoms with Gasteiger partial charge in [0.25, 0.3) is 0 Å². The minimum Gasteiger partial charge on any atom is -0.907 e. The second kappa shape index (κ2) is 34.6. The summed E-state index contributed by atoms with van der Waals surface area (Å²) >= 11 is 0. The number of hydrogen-bond acceptors (Lipinski definition) is 18. The Labute approximate surface area is 289 Å². The summed E-state index contributed by atoms with van der Waals surface area (Å²) in [5.74, 6) is -2.01. The molecule has 6 unspecified atom stereocenters. The largest absolute Gasteiger partial charge is 2.00 e. The molecule has 0 bridgehead atoms. The molecule has 0 aliphatic carbocycles. The minimum absolute atomic E-state index is 0. The molecule has 192 valence electrons. The van der Waals surface area contributed by atoms with E-state index in [2.05, 4.69) is 0 Å². The summed E-state index contributed by atoms with van der Waals surface area (Å²) in [4.78, 5) is 21.0. The van der Waals surface area contributed by atoms with Gasteiger partial charge in [0.15, 0.2) is 11.6 Å². The normalized spacial score (nSPS) is 14.2.